The van der Waals surface area contributed by atoms with Crippen LogP contribution in [0, 0.1) is 12.3 Å². The molecule has 8 heteroatoms. The van der Waals surface area contributed by atoms with Crippen molar-refractivity contribution < 1.29 is 23.8 Å². The van der Waals surface area contributed by atoms with Crippen LogP contribution < -0.4 is 4.74 Å². The van der Waals surface area contributed by atoms with E-state index in [-0.39, 0.29) is 24.5 Å². The Morgan fingerprint density at radius 1 is 1.09 bits per heavy atom. The molecule has 0 spiro atoms. The van der Waals surface area contributed by atoms with Crippen LogP contribution in [0.4, 0.5) is 0 Å². The highest BCUT2D eigenvalue weighted by Crippen LogP contribution is 2.35. The summed E-state index contributed by atoms with van der Waals surface area (Å²) in [6, 6.07) is 13.4. The van der Waals surface area contributed by atoms with Gasteiger partial charge in [-0.2, -0.15) is 0 Å². The Morgan fingerprint density at radius 3 is 2.53 bits per heavy atom. The molecule has 2 fully saturated rings. The molecule has 4 rings (SSSR count). The van der Waals surface area contributed by atoms with E-state index in [1.165, 1.54) is 7.11 Å². The molecule has 1 atom stereocenters. The van der Waals surface area contributed by atoms with Gasteiger partial charge in [0.2, 0.25) is 17.7 Å². The molecule has 1 aromatic heterocycles. The average molecular weight is 468 g/mol. The topological polar surface area (TPSA) is 81.2 Å². The average Bonchev–Trinajstić information content (AvgIpc) is 2.86. The van der Waals surface area contributed by atoms with Crippen molar-refractivity contribution in [2.75, 3.05) is 46.5 Å². The van der Waals surface area contributed by atoms with Gasteiger partial charge in [0.15, 0.2) is 0 Å². The van der Waals surface area contributed by atoms with E-state index in [9.17, 15) is 9.59 Å². The Bertz CT molecular complexity index is 1000. The smallest absolute Gasteiger partial charge is 0.248 e. The van der Waals surface area contributed by atoms with Gasteiger partial charge < -0.3 is 24.0 Å². The first-order valence-corrected chi connectivity index (χ1v) is 11.8. The standard InChI is InChI=1S/C26H33N3O5/c1-19-7-9-20(10-8-19)34-23-6-4-5-21(27-23)22-17-29(15-16-33-22)25(31)26(2)11-13-28(14-12-26)24(30)18-32-3/h4-10,22H,11-18H2,1-3H3/t22-/m1/s1. The van der Waals surface area contributed by atoms with Gasteiger partial charge in [-0.1, -0.05) is 30.7 Å². The van der Waals surface area contributed by atoms with Gasteiger partial charge in [0, 0.05) is 38.2 Å². The van der Waals surface area contributed by atoms with Crippen molar-refractivity contribution in [3.8, 4) is 11.6 Å². The molecule has 0 N–H and O–H groups in total. The molecule has 2 aliphatic rings. The molecule has 182 valence electrons. The molecule has 34 heavy (non-hydrogen) atoms. The SMILES string of the molecule is COCC(=O)N1CCC(C)(C(=O)N2CCO[C@@H](c3cccc(Oc4ccc(C)cc4)n3)C2)CC1. The number of likely N-dealkylation sites (tertiary alicyclic amines) is 1. The molecule has 0 bridgehead atoms. The van der Waals surface area contributed by atoms with Crippen LogP contribution in [-0.4, -0.2) is 73.1 Å². The Labute approximate surface area is 200 Å². The van der Waals surface area contributed by atoms with Crippen molar-refractivity contribution in [3.63, 3.8) is 0 Å². The number of piperidine rings is 1. The summed E-state index contributed by atoms with van der Waals surface area (Å²) in [5, 5.41) is 0. The summed E-state index contributed by atoms with van der Waals surface area (Å²) < 4.78 is 16.8. The summed E-state index contributed by atoms with van der Waals surface area (Å²) in [7, 11) is 1.52. The van der Waals surface area contributed by atoms with E-state index in [1.807, 2.05) is 61.2 Å². The molecule has 2 aliphatic heterocycles. The van der Waals surface area contributed by atoms with Crippen LogP contribution in [0.25, 0.3) is 0 Å². The second-order valence-electron chi connectivity index (χ2n) is 9.30. The van der Waals surface area contributed by atoms with Gasteiger partial charge in [0.25, 0.3) is 0 Å². The van der Waals surface area contributed by atoms with E-state index in [0.29, 0.717) is 51.5 Å². The summed E-state index contributed by atoms with van der Waals surface area (Å²) in [5.41, 5.74) is 1.41. The van der Waals surface area contributed by atoms with Gasteiger partial charge in [-0.3, -0.25) is 9.59 Å². The van der Waals surface area contributed by atoms with E-state index >= 15 is 0 Å². The number of morpholine rings is 1. The van der Waals surface area contributed by atoms with Crippen molar-refractivity contribution in [1.29, 1.82) is 0 Å². The number of aromatic nitrogens is 1. The number of hydrogen-bond acceptors (Lipinski definition) is 6. The maximum atomic E-state index is 13.5. The Hall–Kier alpha value is -2.97. The lowest BCUT2D eigenvalue weighted by atomic mass is 9.78. The molecular weight excluding hydrogens is 434 g/mol. The fourth-order valence-electron chi connectivity index (χ4n) is 4.47. The fourth-order valence-corrected chi connectivity index (χ4v) is 4.47. The van der Waals surface area contributed by atoms with Crippen LogP contribution in [0.3, 0.4) is 0 Å². The quantitative estimate of drug-likeness (QED) is 0.648. The minimum Gasteiger partial charge on any atom is -0.439 e. The molecule has 0 saturated carbocycles. The maximum absolute atomic E-state index is 13.5. The van der Waals surface area contributed by atoms with E-state index in [4.69, 9.17) is 14.2 Å². The fraction of sp³-hybridized carbons (Fsp3) is 0.500. The molecule has 1 aromatic carbocycles. The van der Waals surface area contributed by atoms with Gasteiger partial charge in [-0.25, -0.2) is 4.98 Å². The first kappa shape index (κ1) is 24.2. The number of nitrogens with zero attached hydrogens (tertiary/aromatic N) is 3. The third-order valence-electron chi connectivity index (χ3n) is 6.68. The number of methoxy groups -OCH3 is 1. The lowest BCUT2D eigenvalue weighted by Crippen LogP contribution is -2.53. The first-order chi connectivity index (χ1) is 16.4. The predicted molar refractivity (Wildman–Crippen MR) is 127 cm³/mol. The maximum Gasteiger partial charge on any atom is 0.248 e. The number of amides is 2. The number of rotatable bonds is 6. The van der Waals surface area contributed by atoms with Crippen molar-refractivity contribution >= 4 is 11.8 Å². The molecule has 0 aliphatic carbocycles. The molecule has 2 aromatic rings. The van der Waals surface area contributed by atoms with Crippen molar-refractivity contribution in [2.24, 2.45) is 5.41 Å². The number of aryl methyl sites for hydroxylation is 1. The van der Waals surface area contributed by atoms with Crippen LogP contribution in [0.1, 0.15) is 37.1 Å². The van der Waals surface area contributed by atoms with E-state index in [1.54, 1.807) is 4.90 Å². The van der Waals surface area contributed by atoms with Gasteiger partial charge in [0.1, 0.15) is 18.5 Å². The van der Waals surface area contributed by atoms with E-state index in [2.05, 4.69) is 4.98 Å². The zero-order valence-corrected chi connectivity index (χ0v) is 20.2. The van der Waals surface area contributed by atoms with Crippen LogP contribution in [-0.2, 0) is 19.1 Å². The van der Waals surface area contributed by atoms with Crippen molar-refractivity contribution in [2.45, 2.75) is 32.8 Å². The number of ether oxygens (including phenoxy) is 3. The molecule has 2 amide bonds. The van der Waals surface area contributed by atoms with Crippen molar-refractivity contribution in [3.05, 3.63) is 53.7 Å². The number of pyridine rings is 1. The van der Waals surface area contributed by atoms with Crippen LogP contribution in [0.15, 0.2) is 42.5 Å². The van der Waals surface area contributed by atoms with Crippen molar-refractivity contribution in [1.82, 2.24) is 14.8 Å². The second-order valence-corrected chi connectivity index (χ2v) is 9.30. The summed E-state index contributed by atoms with van der Waals surface area (Å²) in [4.78, 5) is 33.9. The molecule has 0 radical (unpaired) electrons. The zero-order valence-electron chi connectivity index (χ0n) is 20.2. The van der Waals surface area contributed by atoms with Gasteiger partial charge in [-0.05, 0) is 38.0 Å². The first-order valence-electron chi connectivity index (χ1n) is 11.8. The Kier molecular flexibility index (Phi) is 7.48. The second kappa shape index (κ2) is 10.5. The minimum atomic E-state index is -0.491. The Morgan fingerprint density at radius 2 is 1.82 bits per heavy atom. The minimum absolute atomic E-state index is 0.0257. The predicted octanol–water partition coefficient (Wildman–Crippen LogP) is 3.36. The molecular formula is C26H33N3O5. The lowest BCUT2D eigenvalue weighted by Gasteiger charge is -2.43. The monoisotopic (exact) mass is 467 g/mol. The molecule has 0 unspecified atom stereocenters. The highest BCUT2D eigenvalue weighted by molar-refractivity contribution is 5.83. The zero-order chi connectivity index (χ0) is 24.1. The van der Waals surface area contributed by atoms with Gasteiger partial charge in [0.05, 0.1) is 18.8 Å². The number of benzene rings is 1. The van der Waals surface area contributed by atoms with Crippen LogP contribution in [0.2, 0.25) is 0 Å². The molecule has 3 heterocycles. The summed E-state index contributed by atoms with van der Waals surface area (Å²) in [6.07, 6.45) is 0.967. The Balaban J connectivity index is 1.39. The van der Waals surface area contributed by atoms with Gasteiger partial charge >= 0.3 is 0 Å². The lowest BCUT2D eigenvalue weighted by molar-refractivity contribution is -0.154. The van der Waals surface area contributed by atoms with Gasteiger partial charge in [-0.15, -0.1) is 0 Å². The van der Waals surface area contributed by atoms with Crippen LogP contribution >= 0.6 is 0 Å². The summed E-state index contributed by atoms with van der Waals surface area (Å²) in [5.74, 6) is 1.31. The third-order valence-corrected chi connectivity index (χ3v) is 6.68. The summed E-state index contributed by atoms with van der Waals surface area (Å²) in [6.45, 7) is 6.70. The number of carbonyl (C=O) groups is 2. The highest BCUT2D eigenvalue weighted by atomic mass is 16.5. The normalized spacial score (nSPS) is 20.1. The largest absolute Gasteiger partial charge is 0.439 e. The van der Waals surface area contributed by atoms with E-state index in [0.717, 1.165) is 17.0 Å². The van der Waals surface area contributed by atoms with Crippen LogP contribution in [0.5, 0.6) is 11.6 Å². The third kappa shape index (κ3) is 5.56. The number of carbonyl (C=O) groups excluding carboxylic acids is 2. The summed E-state index contributed by atoms with van der Waals surface area (Å²) >= 11 is 0. The highest BCUT2D eigenvalue weighted by Gasteiger charge is 2.42. The molecule has 8 nitrogen and oxygen atoms in total. The number of hydrogen-bond donors (Lipinski definition) is 0. The van der Waals surface area contributed by atoms with E-state index < -0.39 is 5.41 Å². The molecule has 2 saturated heterocycles.